The summed E-state index contributed by atoms with van der Waals surface area (Å²) in [6.07, 6.45) is 0. The SMILES string of the molecule is COc1cccc(N(C)CC(C)CBr)c1. The number of ether oxygens (including phenoxy) is 1. The largest absolute Gasteiger partial charge is 0.497 e. The van der Waals surface area contributed by atoms with Crippen LogP contribution in [0.2, 0.25) is 0 Å². The molecule has 0 radical (unpaired) electrons. The lowest BCUT2D eigenvalue weighted by Gasteiger charge is -2.22. The van der Waals surface area contributed by atoms with Gasteiger partial charge in [0.25, 0.3) is 0 Å². The van der Waals surface area contributed by atoms with E-state index >= 15 is 0 Å². The number of methoxy groups -OCH3 is 1. The average molecular weight is 272 g/mol. The third-order valence-electron chi connectivity index (χ3n) is 2.34. The summed E-state index contributed by atoms with van der Waals surface area (Å²) in [6.45, 7) is 3.27. The molecule has 84 valence electrons. The molecule has 0 bridgehead atoms. The summed E-state index contributed by atoms with van der Waals surface area (Å²) in [5, 5.41) is 1.03. The molecule has 1 atom stereocenters. The van der Waals surface area contributed by atoms with Crippen LogP contribution in [0.25, 0.3) is 0 Å². The minimum atomic E-state index is 0.640. The van der Waals surface area contributed by atoms with Crippen molar-refractivity contribution >= 4 is 21.6 Å². The Hall–Kier alpha value is -0.700. The van der Waals surface area contributed by atoms with Gasteiger partial charge in [0.2, 0.25) is 0 Å². The molecule has 0 aliphatic carbocycles. The van der Waals surface area contributed by atoms with E-state index < -0.39 is 0 Å². The molecular weight excluding hydrogens is 254 g/mol. The van der Waals surface area contributed by atoms with E-state index in [2.05, 4.69) is 46.9 Å². The van der Waals surface area contributed by atoms with E-state index in [0.29, 0.717) is 5.92 Å². The van der Waals surface area contributed by atoms with Crippen molar-refractivity contribution in [2.75, 3.05) is 30.9 Å². The Morgan fingerprint density at radius 1 is 1.47 bits per heavy atom. The number of rotatable bonds is 5. The van der Waals surface area contributed by atoms with E-state index in [4.69, 9.17) is 4.74 Å². The highest BCUT2D eigenvalue weighted by Crippen LogP contribution is 2.20. The molecule has 0 saturated carbocycles. The molecule has 0 aliphatic heterocycles. The third-order valence-corrected chi connectivity index (χ3v) is 3.45. The van der Waals surface area contributed by atoms with E-state index in [0.717, 1.165) is 17.6 Å². The Bertz CT molecular complexity index is 303. The van der Waals surface area contributed by atoms with Crippen molar-refractivity contribution in [1.29, 1.82) is 0 Å². The number of halogens is 1. The Kier molecular flexibility index (Phi) is 4.95. The number of anilines is 1. The second kappa shape index (κ2) is 6.01. The Morgan fingerprint density at radius 3 is 2.80 bits per heavy atom. The van der Waals surface area contributed by atoms with Crippen molar-refractivity contribution in [2.24, 2.45) is 5.92 Å². The summed E-state index contributed by atoms with van der Waals surface area (Å²) in [5.74, 6) is 1.55. The fraction of sp³-hybridized carbons (Fsp3) is 0.500. The fourth-order valence-electron chi connectivity index (χ4n) is 1.47. The van der Waals surface area contributed by atoms with Crippen molar-refractivity contribution in [3.05, 3.63) is 24.3 Å². The smallest absolute Gasteiger partial charge is 0.120 e. The highest BCUT2D eigenvalue weighted by Gasteiger charge is 2.06. The minimum absolute atomic E-state index is 0.640. The highest BCUT2D eigenvalue weighted by atomic mass is 79.9. The van der Waals surface area contributed by atoms with Crippen LogP contribution in [0.15, 0.2) is 24.3 Å². The molecule has 0 spiro atoms. The molecule has 1 rings (SSSR count). The monoisotopic (exact) mass is 271 g/mol. The van der Waals surface area contributed by atoms with Crippen LogP contribution < -0.4 is 9.64 Å². The molecule has 0 amide bonds. The zero-order valence-electron chi connectivity index (χ0n) is 9.53. The van der Waals surface area contributed by atoms with E-state index in [1.165, 1.54) is 5.69 Å². The highest BCUT2D eigenvalue weighted by molar-refractivity contribution is 9.09. The summed E-state index contributed by atoms with van der Waals surface area (Å²) in [5.41, 5.74) is 1.20. The molecule has 0 aliphatic rings. The van der Waals surface area contributed by atoms with Crippen LogP contribution in [0.1, 0.15) is 6.92 Å². The minimum Gasteiger partial charge on any atom is -0.497 e. The number of hydrogen-bond acceptors (Lipinski definition) is 2. The van der Waals surface area contributed by atoms with Gasteiger partial charge in [-0.2, -0.15) is 0 Å². The predicted octanol–water partition coefficient (Wildman–Crippen LogP) is 3.16. The zero-order chi connectivity index (χ0) is 11.3. The van der Waals surface area contributed by atoms with Crippen LogP contribution in [0.4, 0.5) is 5.69 Å². The first-order valence-corrected chi connectivity index (χ1v) is 6.20. The van der Waals surface area contributed by atoms with Gasteiger partial charge >= 0.3 is 0 Å². The van der Waals surface area contributed by atoms with E-state index in [1.807, 2.05) is 12.1 Å². The van der Waals surface area contributed by atoms with Gasteiger partial charge in [0.05, 0.1) is 7.11 Å². The summed E-state index contributed by atoms with van der Waals surface area (Å²) in [6, 6.07) is 8.14. The lowest BCUT2D eigenvalue weighted by atomic mass is 10.2. The van der Waals surface area contributed by atoms with Crippen molar-refractivity contribution in [2.45, 2.75) is 6.92 Å². The van der Waals surface area contributed by atoms with Gasteiger partial charge in [-0.1, -0.05) is 28.9 Å². The van der Waals surface area contributed by atoms with Crippen LogP contribution >= 0.6 is 15.9 Å². The first-order valence-electron chi connectivity index (χ1n) is 5.08. The average Bonchev–Trinajstić information content (AvgIpc) is 2.28. The van der Waals surface area contributed by atoms with Gasteiger partial charge in [-0.25, -0.2) is 0 Å². The molecule has 0 saturated heterocycles. The first kappa shape index (κ1) is 12.4. The molecule has 0 fully saturated rings. The molecule has 1 aromatic carbocycles. The van der Waals surface area contributed by atoms with Crippen LogP contribution in [0, 0.1) is 5.92 Å². The van der Waals surface area contributed by atoms with Gasteiger partial charge in [-0.3, -0.25) is 0 Å². The Labute approximate surface area is 100 Å². The first-order chi connectivity index (χ1) is 7.17. The normalized spacial score (nSPS) is 12.3. The lowest BCUT2D eigenvalue weighted by molar-refractivity contribution is 0.415. The molecule has 3 heteroatoms. The predicted molar refractivity (Wildman–Crippen MR) is 69.2 cm³/mol. The Balaban J connectivity index is 2.68. The third kappa shape index (κ3) is 3.74. The summed E-state index contributed by atoms with van der Waals surface area (Å²) < 4.78 is 5.20. The standard InChI is InChI=1S/C12H18BrNO/c1-10(8-13)9-14(2)11-5-4-6-12(7-11)15-3/h4-7,10H,8-9H2,1-3H3. The molecule has 0 heterocycles. The van der Waals surface area contributed by atoms with Crippen LogP contribution in [0.3, 0.4) is 0 Å². The van der Waals surface area contributed by atoms with Crippen LogP contribution in [0.5, 0.6) is 5.75 Å². The number of hydrogen-bond donors (Lipinski definition) is 0. The molecule has 1 unspecified atom stereocenters. The van der Waals surface area contributed by atoms with Gasteiger partial charge in [-0.15, -0.1) is 0 Å². The maximum atomic E-state index is 5.20. The molecule has 15 heavy (non-hydrogen) atoms. The van der Waals surface area contributed by atoms with Crippen molar-refractivity contribution in [1.82, 2.24) is 0 Å². The van der Waals surface area contributed by atoms with Gasteiger partial charge in [-0.05, 0) is 18.1 Å². The summed E-state index contributed by atoms with van der Waals surface area (Å²) in [7, 11) is 3.80. The van der Waals surface area contributed by atoms with E-state index in [-0.39, 0.29) is 0 Å². The second-order valence-corrected chi connectivity index (χ2v) is 4.49. The fourth-order valence-corrected chi connectivity index (χ4v) is 1.67. The van der Waals surface area contributed by atoms with Crippen LogP contribution in [-0.2, 0) is 0 Å². The molecule has 1 aromatic rings. The van der Waals surface area contributed by atoms with Gasteiger partial charge < -0.3 is 9.64 Å². The second-order valence-electron chi connectivity index (χ2n) is 3.84. The van der Waals surface area contributed by atoms with E-state index in [1.54, 1.807) is 7.11 Å². The van der Waals surface area contributed by atoms with Gasteiger partial charge in [0.1, 0.15) is 5.75 Å². The van der Waals surface area contributed by atoms with Crippen LogP contribution in [-0.4, -0.2) is 26.0 Å². The van der Waals surface area contributed by atoms with Crippen molar-refractivity contribution < 1.29 is 4.74 Å². The van der Waals surface area contributed by atoms with E-state index in [9.17, 15) is 0 Å². The van der Waals surface area contributed by atoms with Crippen molar-refractivity contribution in [3.63, 3.8) is 0 Å². The molecule has 0 N–H and O–H groups in total. The summed E-state index contributed by atoms with van der Waals surface area (Å²) in [4.78, 5) is 2.24. The summed E-state index contributed by atoms with van der Waals surface area (Å²) >= 11 is 3.49. The maximum Gasteiger partial charge on any atom is 0.120 e. The molecular formula is C12H18BrNO. The van der Waals surface area contributed by atoms with Gasteiger partial charge in [0, 0.05) is 30.7 Å². The topological polar surface area (TPSA) is 12.5 Å². The number of nitrogens with zero attached hydrogens (tertiary/aromatic N) is 1. The number of alkyl halides is 1. The van der Waals surface area contributed by atoms with Crippen molar-refractivity contribution in [3.8, 4) is 5.75 Å². The Morgan fingerprint density at radius 2 is 2.20 bits per heavy atom. The number of benzene rings is 1. The quantitative estimate of drug-likeness (QED) is 0.763. The zero-order valence-corrected chi connectivity index (χ0v) is 11.1. The maximum absolute atomic E-state index is 5.20. The molecule has 2 nitrogen and oxygen atoms in total. The van der Waals surface area contributed by atoms with Gasteiger partial charge in [0.15, 0.2) is 0 Å². The lowest BCUT2D eigenvalue weighted by Crippen LogP contribution is -2.24. The molecule has 0 aromatic heterocycles.